The van der Waals surface area contributed by atoms with Crippen molar-refractivity contribution in [2.24, 2.45) is 5.73 Å². The molecular formula is C65H114NO8P. The van der Waals surface area contributed by atoms with Crippen molar-refractivity contribution in [2.45, 2.75) is 277 Å². The average Bonchev–Trinajstić information content (AvgIpc) is 3.40. The smallest absolute Gasteiger partial charge is 0.462 e. The lowest BCUT2D eigenvalue weighted by Crippen LogP contribution is -2.29. The Hall–Kier alpha value is -3.07. The third-order valence-electron chi connectivity index (χ3n) is 13.0. The Morgan fingerprint density at radius 3 is 1.15 bits per heavy atom. The molecule has 0 aliphatic heterocycles. The summed E-state index contributed by atoms with van der Waals surface area (Å²) in [6.45, 7) is 3.55. The van der Waals surface area contributed by atoms with Crippen LogP contribution in [0.5, 0.6) is 0 Å². The van der Waals surface area contributed by atoms with E-state index >= 15 is 0 Å². The van der Waals surface area contributed by atoms with Crippen molar-refractivity contribution in [1.82, 2.24) is 0 Å². The summed E-state index contributed by atoms with van der Waals surface area (Å²) in [4.78, 5) is 35.1. The Balaban J connectivity index is 3.91. The van der Waals surface area contributed by atoms with Gasteiger partial charge in [-0.15, -0.1) is 0 Å². The topological polar surface area (TPSA) is 134 Å². The summed E-state index contributed by atoms with van der Waals surface area (Å²) in [5, 5.41) is 0. The van der Waals surface area contributed by atoms with Gasteiger partial charge in [-0.05, 0) is 83.5 Å². The maximum atomic E-state index is 12.6. The molecule has 10 heteroatoms. The number of nitrogens with two attached hydrogens (primary N) is 1. The van der Waals surface area contributed by atoms with E-state index in [1.165, 1.54) is 173 Å². The van der Waals surface area contributed by atoms with E-state index in [0.29, 0.717) is 6.42 Å². The number of unbranched alkanes of at least 4 members (excludes halogenated alkanes) is 28. The van der Waals surface area contributed by atoms with E-state index in [1.807, 2.05) is 12.2 Å². The largest absolute Gasteiger partial charge is 0.472 e. The first-order chi connectivity index (χ1) is 36.8. The van der Waals surface area contributed by atoms with Crippen LogP contribution in [0.25, 0.3) is 0 Å². The first-order valence-corrected chi connectivity index (χ1v) is 32.2. The van der Waals surface area contributed by atoms with Crippen LogP contribution in [0.2, 0.25) is 0 Å². The number of rotatable bonds is 57. The van der Waals surface area contributed by atoms with Crippen molar-refractivity contribution in [3.05, 3.63) is 97.2 Å². The zero-order valence-corrected chi connectivity index (χ0v) is 49.2. The van der Waals surface area contributed by atoms with Crippen molar-refractivity contribution in [2.75, 3.05) is 26.4 Å². The lowest BCUT2D eigenvalue weighted by molar-refractivity contribution is -0.161. The van der Waals surface area contributed by atoms with E-state index in [0.717, 1.165) is 64.2 Å². The van der Waals surface area contributed by atoms with Crippen LogP contribution in [0.3, 0.4) is 0 Å². The molecule has 0 heterocycles. The molecule has 0 aliphatic rings. The first-order valence-electron chi connectivity index (χ1n) is 30.7. The fourth-order valence-corrected chi connectivity index (χ4v) is 9.22. The summed E-state index contributed by atoms with van der Waals surface area (Å²) >= 11 is 0. The van der Waals surface area contributed by atoms with Gasteiger partial charge in [-0.2, -0.15) is 0 Å². The summed E-state index contributed by atoms with van der Waals surface area (Å²) in [7, 11) is -4.41. The molecular weight excluding hydrogens is 954 g/mol. The number of phosphoric ester groups is 1. The zero-order valence-electron chi connectivity index (χ0n) is 48.3. The maximum absolute atomic E-state index is 12.6. The van der Waals surface area contributed by atoms with Crippen LogP contribution in [0.15, 0.2) is 97.2 Å². The third kappa shape index (κ3) is 60.0. The molecule has 0 aromatic carbocycles. The molecule has 2 unspecified atom stereocenters. The summed E-state index contributed by atoms with van der Waals surface area (Å²) < 4.78 is 32.9. The number of allylic oxidation sites excluding steroid dienone is 16. The number of carbonyl (C=O) groups is 2. The second-order valence-corrected chi connectivity index (χ2v) is 21.6. The molecule has 0 rings (SSSR count). The van der Waals surface area contributed by atoms with Gasteiger partial charge in [-0.25, -0.2) is 4.57 Å². The molecule has 0 spiro atoms. The lowest BCUT2D eigenvalue weighted by Gasteiger charge is -2.19. The third-order valence-corrected chi connectivity index (χ3v) is 14.0. The second-order valence-electron chi connectivity index (χ2n) is 20.2. The molecule has 0 radical (unpaired) electrons. The summed E-state index contributed by atoms with van der Waals surface area (Å²) in [6, 6.07) is 0. The van der Waals surface area contributed by atoms with Gasteiger partial charge in [0.1, 0.15) is 6.61 Å². The van der Waals surface area contributed by atoms with Gasteiger partial charge >= 0.3 is 19.8 Å². The number of phosphoric acid groups is 1. The van der Waals surface area contributed by atoms with Crippen LogP contribution < -0.4 is 5.73 Å². The molecule has 3 N–H and O–H groups in total. The highest BCUT2D eigenvalue weighted by atomic mass is 31.2. The van der Waals surface area contributed by atoms with E-state index in [9.17, 15) is 19.0 Å². The SMILES string of the molecule is CC/C=C\C/C=C\C/C=C\C/C=C\C/C=C\C/C=C\CCC(=O)OC(COC(=O)CCCCCCCCCCCCCCCCCCCCCCCCC/C=C\C/C=C\CCCCCCC)COP(=O)(O)OCCN. The van der Waals surface area contributed by atoms with Crippen LogP contribution in [-0.4, -0.2) is 49.3 Å². The number of carbonyl (C=O) groups excluding carboxylic acids is 2. The van der Waals surface area contributed by atoms with Gasteiger partial charge in [0.25, 0.3) is 0 Å². The molecule has 0 aromatic heterocycles. The standard InChI is InChI=1S/C65H114NO8P/c1-3-5-7-9-11-13-15-17-19-21-23-24-25-26-27-28-29-30-31-32-33-34-35-36-37-38-40-41-43-45-47-49-51-53-55-57-64(67)71-61-63(62-73-75(69,70)72-60-59-66)74-65(68)58-56-54-52-50-48-46-44-42-39-22-20-18-16-14-12-10-8-6-4-2/h6,8,12,14-15,17-18,20-21,23,39,42,46,48,52,54,63H,3-5,7,9-11,13,16,19,22,24-38,40-41,43-45,47,49-51,53,55-62,66H2,1-2H3,(H,69,70)/b8-6-,14-12-,17-15-,20-18-,23-21-,42-39-,48-46-,54-52-. The Labute approximate surface area is 461 Å². The Morgan fingerprint density at radius 2 is 0.760 bits per heavy atom. The predicted molar refractivity (Wildman–Crippen MR) is 321 cm³/mol. The molecule has 75 heavy (non-hydrogen) atoms. The number of hydrogen-bond donors (Lipinski definition) is 2. The van der Waals surface area contributed by atoms with Gasteiger partial charge in [0.15, 0.2) is 6.10 Å². The van der Waals surface area contributed by atoms with Crippen LogP contribution in [-0.2, 0) is 32.7 Å². The minimum absolute atomic E-state index is 0.0386. The molecule has 0 aliphatic carbocycles. The second kappa shape index (κ2) is 60.2. The molecule has 432 valence electrons. The summed E-state index contributed by atoms with van der Waals surface area (Å²) in [5.41, 5.74) is 5.37. The highest BCUT2D eigenvalue weighted by molar-refractivity contribution is 7.47. The van der Waals surface area contributed by atoms with Crippen LogP contribution in [0.1, 0.15) is 271 Å². The van der Waals surface area contributed by atoms with Crippen LogP contribution >= 0.6 is 7.82 Å². The van der Waals surface area contributed by atoms with E-state index in [-0.39, 0.29) is 32.6 Å². The molecule has 9 nitrogen and oxygen atoms in total. The zero-order chi connectivity index (χ0) is 54.5. The van der Waals surface area contributed by atoms with Gasteiger partial charge in [0.2, 0.25) is 0 Å². The normalized spacial score (nSPS) is 13.7. The lowest BCUT2D eigenvalue weighted by atomic mass is 10.0. The van der Waals surface area contributed by atoms with Gasteiger partial charge in [0.05, 0.1) is 13.2 Å². The van der Waals surface area contributed by atoms with Gasteiger partial charge in [0, 0.05) is 19.4 Å². The Kier molecular flexibility index (Phi) is 57.7. The van der Waals surface area contributed by atoms with Gasteiger partial charge < -0.3 is 20.1 Å². The van der Waals surface area contributed by atoms with E-state index in [4.69, 9.17) is 24.3 Å². The van der Waals surface area contributed by atoms with Gasteiger partial charge in [-0.3, -0.25) is 18.6 Å². The van der Waals surface area contributed by atoms with Crippen molar-refractivity contribution in [1.29, 1.82) is 0 Å². The number of hydrogen-bond acceptors (Lipinski definition) is 8. The fraction of sp³-hybridized carbons (Fsp3) is 0.723. The van der Waals surface area contributed by atoms with Crippen LogP contribution in [0.4, 0.5) is 0 Å². The van der Waals surface area contributed by atoms with E-state index in [1.54, 1.807) is 0 Å². The maximum Gasteiger partial charge on any atom is 0.472 e. The molecule has 0 aromatic rings. The minimum Gasteiger partial charge on any atom is -0.462 e. The summed E-state index contributed by atoms with van der Waals surface area (Å²) in [5.74, 6) is -0.923. The molecule has 0 bridgehead atoms. The Morgan fingerprint density at radius 1 is 0.413 bits per heavy atom. The Bertz CT molecular complexity index is 1550. The molecule has 0 saturated heterocycles. The van der Waals surface area contributed by atoms with Gasteiger partial charge in [-0.1, -0.05) is 272 Å². The van der Waals surface area contributed by atoms with Crippen molar-refractivity contribution in [3.8, 4) is 0 Å². The highest BCUT2D eigenvalue weighted by Crippen LogP contribution is 2.43. The van der Waals surface area contributed by atoms with Crippen LogP contribution in [0, 0.1) is 0 Å². The van der Waals surface area contributed by atoms with Crippen molar-refractivity contribution < 1.29 is 37.6 Å². The van der Waals surface area contributed by atoms with Crippen molar-refractivity contribution >= 4 is 19.8 Å². The minimum atomic E-state index is -4.41. The summed E-state index contributed by atoms with van der Waals surface area (Å²) in [6.07, 6.45) is 80.8. The molecule has 2 atom stereocenters. The fourth-order valence-electron chi connectivity index (χ4n) is 8.46. The molecule has 0 amide bonds. The quantitative estimate of drug-likeness (QED) is 0.0264. The molecule has 0 saturated carbocycles. The molecule has 0 fully saturated rings. The predicted octanol–water partition coefficient (Wildman–Crippen LogP) is 19.6. The average molecular weight is 1070 g/mol. The number of esters is 2. The number of ether oxygens (including phenoxy) is 2. The highest BCUT2D eigenvalue weighted by Gasteiger charge is 2.26. The first kappa shape index (κ1) is 71.9. The monoisotopic (exact) mass is 1070 g/mol. The van der Waals surface area contributed by atoms with Crippen molar-refractivity contribution in [3.63, 3.8) is 0 Å². The van der Waals surface area contributed by atoms with E-state index in [2.05, 4.69) is 98.9 Å². The van der Waals surface area contributed by atoms with E-state index < -0.39 is 32.5 Å².